The normalized spacial score (nSPS) is 13.9. The molecular formula is C27H27N7O. The van der Waals surface area contributed by atoms with Crippen LogP contribution in [-0.2, 0) is 0 Å². The number of fused-ring (bicyclic) bond motifs is 1. The van der Waals surface area contributed by atoms with Crippen molar-refractivity contribution in [1.29, 1.82) is 5.26 Å². The standard InChI is InChI=1S/C27H27N7O/c1-29-27-31-11-7-24(33-27)20-14-18-5-6-22(35-2)16-23(18)25(15-20)32-21-8-12-34(13-9-21)26-19(17-28)4-3-10-30-26/h3-7,10-11,14-16,21,32H,8-9,12-13H2,1-2H3,(H,29,31,33). The molecule has 0 radical (unpaired) electrons. The Morgan fingerprint density at radius 2 is 1.91 bits per heavy atom. The summed E-state index contributed by atoms with van der Waals surface area (Å²) in [6.45, 7) is 1.67. The van der Waals surface area contributed by atoms with E-state index in [-0.39, 0.29) is 0 Å². The second-order valence-corrected chi connectivity index (χ2v) is 8.52. The Morgan fingerprint density at radius 3 is 2.69 bits per heavy atom. The van der Waals surface area contributed by atoms with Gasteiger partial charge in [0.25, 0.3) is 0 Å². The molecule has 2 aromatic carbocycles. The number of nitriles is 1. The van der Waals surface area contributed by atoms with Gasteiger partial charge in [-0.2, -0.15) is 5.26 Å². The van der Waals surface area contributed by atoms with Gasteiger partial charge in [-0.15, -0.1) is 0 Å². The Morgan fingerprint density at radius 1 is 1.06 bits per heavy atom. The number of ether oxygens (including phenoxy) is 1. The lowest BCUT2D eigenvalue weighted by Gasteiger charge is -2.34. The monoisotopic (exact) mass is 465 g/mol. The zero-order valence-corrected chi connectivity index (χ0v) is 19.8. The lowest BCUT2D eigenvalue weighted by atomic mass is 9.99. The molecule has 0 spiro atoms. The zero-order valence-electron chi connectivity index (χ0n) is 19.8. The third-order valence-electron chi connectivity index (χ3n) is 6.40. The van der Waals surface area contributed by atoms with Gasteiger partial charge in [0.1, 0.15) is 17.6 Å². The predicted molar refractivity (Wildman–Crippen MR) is 139 cm³/mol. The van der Waals surface area contributed by atoms with E-state index in [0.29, 0.717) is 17.6 Å². The van der Waals surface area contributed by atoms with Gasteiger partial charge in [-0.25, -0.2) is 15.0 Å². The highest BCUT2D eigenvalue weighted by molar-refractivity contribution is 5.98. The van der Waals surface area contributed by atoms with E-state index in [1.807, 2.05) is 25.2 Å². The van der Waals surface area contributed by atoms with E-state index >= 15 is 0 Å². The van der Waals surface area contributed by atoms with Crippen LogP contribution in [0.2, 0.25) is 0 Å². The molecule has 176 valence electrons. The van der Waals surface area contributed by atoms with Crippen LogP contribution in [0.3, 0.4) is 0 Å². The summed E-state index contributed by atoms with van der Waals surface area (Å²) in [5, 5.41) is 18.5. The molecule has 2 N–H and O–H groups in total. The van der Waals surface area contributed by atoms with Gasteiger partial charge < -0.3 is 20.3 Å². The number of nitrogens with one attached hydrogen (secondary N) is 2. The molecule has 0 aliphatic carbocycles. The number of pyridine rings is 1. The molecule has 0 unspecified atom stereocenters. The van der Waals surface area contributed by atoms with E-state index in [2.05, 4.69) is 60.8 Å². The first-order chi connectivity index (χ1) is 17.2. The fourth-order valence-electron chi connectivity index (χ4n) is 4.56. The summed E-state index contributed by atoms with van der Waals surface area (Å²) in [6.07, 6.45) is 5.39. The van der Waals surface area contributed by atoms with Gasteiger partial charge >= 0.3 is 0 Å². The van der Waals surface area contributed by atoms with Gasteiger partial charge in [0.2, 0.25) is 5.95 Å². The van der Waals surface area contributed by atoms with Crippen molar-refractivity contribution >= 4 is 28.2 Å². The Balaban J connectivity index is 1.43. The van der Waals surface area contributed by atoms with Crippen molar-refractivity contribution in [3.63, 3.8) is 0 Å². The van der Waals surface area contributed by atoms with Crippen LogP contribution in [0.4, 0.5) is 17.5 Å². The second kappa shape index (κ2) is 9.85. The third kappa shape index (κ3) is 4.66. The summed E-state index contributed by atoms with van der Waals surface area (Å²) in [5.41, 5.74) is 3.55. The van der Waals surface area contributed by atoms with Crippen LogP contribution < -0.4 is 20.3 Å². The fraction of sp³-hybridized carbons (Fsp3) is 0.259. The lowest BCUT2D eigenvalue weighted by molar-refractivity contribution is 0.415. The number of anilines is 3. The average molecular weight is 466 g/mol. The van der Waals surface area contributed by atoms with E-state index in [1.54, 1.807) is 25.6 Å². The van der Waals surface area contributed by atoms with Crippen molar-refractivity contribution in [3.05, 3.63) is 66.5 Å². The van der Waals surface area contributed by atoms with E-state index < -0.39 is 0 Å². The molecular weight excluding hydrogens is 438 g/mol. The molecule has 8 heteroatoms. The zero-order chi connectivity index (χ0) is 24.2. The number of rotatable bonds is 6. The maximum atomic E-state index is 9.44. The second-order valence-electron chi connectivity index (χ2n) is 8.52. The van der Waals surface area contributed by atoms with Gasteiger partial charge in [0, 0.05) is 55.2 Å². The van der Waals surface area contributed by atoms with Crippen LogP contribution >= 0.6 is 0 Å². The van der Waals surface area contributed by atoms with Crippen molar-refractivity contribution < 1.29 is 4.74 Å². The molecule has 3 heterocycles. The lowest BCUT2D eigenvalue weighted by Crippen LogP contribution is -2.39. The first-order valence-electron chi connectivity index (χ1n) is 11.7. The van der Waals surface area contributed by atoms with Crippen LogP contribution in [0.25, 0.3) is 22.0 Å². The molecule has 0 saturated carbocycles. The highest BCUT2D eigenvalue weighted by atomic mass is 16.5. The minimum atomic E-state index is 0.295. The minimum absolute atomic E-state index is 0.295. The van der Waals surface area contributed by atoms with E-state index in [4.69, 9.17) is 4.74 Å². The van der Waals surface area contributed by atoms with E-state index in [9.17, 15) is 5.26 Å². The number of hydrogen-bond acceptors (Lipinski definition) is 8. The molecule has 8 nitrogen and oxygen atoms in total. The number of benzene rings is 2. The predicted octanol–water partition coefficient (Wildman–Crippen LogP) is 4.69. The maximum Gasteiger partial charge on any atom is 0.222 e. The van der Waals surface area contributed by atoms with E-state index in [0.717, 1.165) is 65.2 Å². The SMILES string of the molecule is CNc1nccc(-c2cc(NC3CCN(c4ncccc4C#N)CC3)c3cc(OC)ccc3c2)n1. The molecule has 5 rings (SSSR count). The Bertz CT molecular complexity index is 1390. The molecule has 1 aliphatic rings. The minimum Gasteiger partial charge on any atom is -0.497 e. The van der Waals surface area contributed by atoms with Gasteiger partial charge in [0.05, 0.1) is 18.4 Å². The van der Waals surface area contributed by atoms with Gasteiger partial charge in [-0.05, 0) is 60.7 Å². The summed E-state index contributed by atoms with van der Waals surface area (Å²) in [5.74, 6) is 2.18. The summed E-state index contributed by atoms with van der Waals surface area (Å²) >= 11 is 0. The van der Waals surface area contributed by atoms with Crippen LogP contribution in [0.15, 0.2) is 60.9 Å². The Kier molecular flexibility index (Phi) is 6.31. The number of piperidine rings is 1. The molecule has 1 fully saturated rings. The topological polar surface area (TPSA) is 99.0 Å². The first kappa shape index (κ1) is 22.4. The molecule has 1 aliphatic heterocycles. The first-order valence-corrected chi connectivity index (χ1v) is 11.7. The van der Waals surface area contributed by atoms with Crippen molar-refractivity contribution in [2.24, 2.45) is 0 Å². The number of hydrogen-bond donors (Lipinski definition) is 2. The van der Waals surface area contributed by atoms with Crippen molar-refractivity contribution in [3.8, 4) is 23.1 Å². The number of aromatic nitrogens is 3. The Labute approximate surface area is 204 Å². The molecule has 35 heavy (non-hydrogen) atoms. The molecule has 4 aromatic rings. The Hall–Kier alpha value is -4.38. The summed E-state index contributed by atoms with van der Waals surface area (Å²) in [4.78, 5) is 15.5. The highest BCUT2D eigenvalue weighted by Crippen LogP contribution is 2.34. The molecule has 1 saturated heterocycles. The molecule has 2 aromatic heterocycles. The maximum absolute atomic E-state index is 9.44. The summed E-state index contributed by atoms with van der Waals surface area (Å²) in [6, 6.07) is 18.5. The quantitative estimate of drug-likeness (QED) is 0.423. The third-order valence-corrected chi connectivity index (χ3v) is 6.40. The van der Waals surface area contributed by atoms with Crippen molar-refractivity contribution in [1.82, 2.24) is 15.0 Å². The van der Waals surface area contributed by atoms with Crippen LogP contribution in [0.1, 0.15) is 18.4 Å². The van der Waals surface area contributed by atoms with E-state index in [1.165, 1.54) is 0 Å². The average Bonchev–Trinajstić information content (AvgIpc) is 2.93. The smallest absolute Gasteiger partial charge is 0.222 e. The van der Waals surface area contributed by atoms with Crippen molar-refractivity contribution in [2.75, 3.05) is 42.8 Å². The number of nitrogens with zero attached hydrogens (tertiary/aromatic N) is 5. The highest BCUT2D eigenvalue weighted by Gasteiger charge is 2.22. The fourth-order valence-corrected chi connectivity index (χ4v) is 4.56. The molecule has 0 atom stereocenters. The van der Waals surface area contributed by atoms with Crippen LogP contribution in [0.5, 0.6) is 5.75 Å². The summed E-state index contributed by atoms with van der Waals surface area (Å²) < 4.78 is 5.50. The van der Waals surface area contributed by atoms with Gasteiger partial charge in [0.15, 0.2) is 0 Å². The van der Waals surface area contributed by atoms with Crippen LogP contribution in [0, 0.1) is 11.3 Å². The number of methoxy groups -OCH3 is 1. The van der Waals surface area contributed by atoms with Crippen molar-refractivity contribution in [2.45, 2.75) is 18.9 Å². The molecule has 0 bridgehead atoms. The van der Waals surface area contributed by atoms with Gasteiger partial charge in [-0.3, -0.25) is 0 Å². The van der Waals surface area contributed by atoms with Gasteiger partial charge in [-0.1, -0.05) is 6.07 Å². The summed E-state index contributed by atoms with van der Waals surface area (Å²) in [7, 11) is 3.50. The van der Waals surface area contributed by atoms with Crippen LogP contribution in [-0.4, -0.2) is 48.2 Å². The largest absolute Gasteiger partial charge is 0.497 e. The molecule has 0 amide bonds.